The molecule has 1 rings (SSSR count). The monoisotopic (exact) mass is 282 g/mol. The van der Waals surface area contributed by atoms with E-state index in [0.717, 1.165) is 5.56 Å². The number of sulfonamides is 1. The van der Waals surface area contributed by atoms with Gasteiger partial charge in [0.2, 0.25) is 10.0 Å². The molecule has 19 heavy (non-hydrogen) atoms. The fourth-order valence-electron chi connectivity index (χ4n) is 1.66. The second kappa shape index (κ2) is 6.57. The number of nitrogens with two attached hydrogens (primary N) is 1. The molecule has 0 amide bonds. The zero-order valence-electron chi connectivity index (χ0n) is 11.1. The minimum atomic E-state index is -3.66. The van der Waals surface area contributed by atoms with Crippen LogP contribution < -0.4 is 10.5 Å². The average molecular weight is 282 g/mol. The predicted octanol–water partition coefficient (Wildman–Crippen LogP) is 0.798. The van der Waals surface area contributed by atoms with Crippen LogP contribution >= 0.6 is 0 Å². The third-order valence-electron chi connectivity index (χ3n) is 2.70. The Morgan fingerprint density at radius 1 is 1.47 bits per heavy atom. The normalized spacial score (nSPS) is 11.3. The highest BCUT2D eigenvalue weighted by Gasteiger charge is 2.26. The summed E-state index contributed by atoms with van der Waals surface area (Å²) in [4.78, 5) is 0.101. The maximum absolute atomic E-state index is 12.5. The van der Waals surface area contributed by atoms with Gasteiger partial charge in [0.05, 0.1) is 13.7 Å². The molecule has 0 aromatic heterocycles. The summed E-state index contributed by atoms with van der Waals surface area (Å²) in [6.07, 6.45) is 5.19. The van der Waals surface area contributed by atoms with Crippen molar-refractivity contribution in [2.45, 2.75) is 18.4 Å². The van der Waals surface area contributed by atoms with Crippen LogP contribution in [0.4, 0.5) is 0 Å². The third-order valence-corrected chi connectivity index (χ3v) is 4.66. The van der Waals surface area contributed by atoms with Crippen molar-refractivity contribution in [3.63, 3.8) is 0 Å². The highest BCUT2D eigenvalue weighted by Crippen LogP contribution is 2.27. The predicted molar refractivity (Wildman–Crippen MR) is 74.2 cm³/mol. The molecule has 1 aromatic carbocycles. The highest BCUT2D eigenvalue weighted by atomic mass is 32.2. The zero-order valence-corrected chi connectivity index (χ0v) is 11.9. The minimum absolute atomic E-state index is 0.0284. The number of benzene rings is 1. The van der Waals surface area contributed by atoms with Crippen LogP contribution in [0.5, 0.6) is 5.75 Å². The lowest BCUT2D eigenvalue weighted by molar-refractivity contribution is 0.397. The molecule has 0 saturated heterocycles. The first-order valence-electron chi connectivity index (χ1n) is 5.81. The topological polar surface area (TPSA) is 72.6 Å². The third kappa shape index (κ3) is 3.26. The molecule has 2 N–H and O–H groups in total. The summed E-state index contributed by atoms with van der Waals surface area (Å²) < 4.78 is 31.3. The van der Waals surface area contributed by atoms with E-state index in [1.54, 1.807) is 19.1 Å². The molecule has 0 aliphatic rings. The molecule has 0 saturated carbocycles. The van der Waals surface area contributed by atoms with Gasteiger partial charge in [0.15, 0.2) is 0 Å². The molecule has 0 spiro atoms. The van der Waals surface area contributed by atoms with Crippen LogP contribution in [0.2, 0.25) is 0 Å². The van der Waals surface area contributed by atoms with Gasteiger partial charge in [-0.2, -0.15) is 4.31 Å². The maximum atomic E-state index is 12.5. The molecule has 0 aliphatic heterocycles. The quantitative estimate of drug-likeness (QED) is 0.783. The molecular formula is C13H18N2O3S. The molecule has 0 radical (unpaired) electrons. The molecule has 0 heterocycles. The Labute approximate surface area is 114 Å². The SMILES string of the molecule is C#CCN(CC)S(=O)(=O)c1ccc(CN)cc1OC. The van der Waals surface area contributed by atoms with Gasteiger partial charge < -0.3 is 10.5 Å². The Kier molecular flexibility index (Phi) is 5.36. The van der Waals surface area contributed by atoms with Crippen LogP contribution in [0.25, 0.3) is 0 Å². The van der Waals surface area contributed by atoms with Gasteiger partial charge in [0.25, 0.3) is 0 Å². The van der Waals surface area contributed by atoms with E-state index >= 15 is 0 Å². The van der Waals surface area contributed by atoms with Crippen molar-refractivity contribution in [1.29, 1.82) is 0 Å². The Balaban J connectivity index is 3.32. The smallest absolute Gasteiger partial charge is 0.247 e. The van der Waals surface area contributed by atoms with Crippen LogP contribution in [0.1, 0.15) is 12.5 Å². The molecule has 1 aromatic rings. The number of hydrogen-bond donors (Lipinski definition) is 1. The van der Waals surface area contributed by atoms with E-state index in [0.29, 0.717) is 13.1 Å². The van der Waals surface area contributed by atoms with E-state index in [4.69, 9.17) is 16.9 Å². The van der Waals surface area contributed by atoms with Gasteiger partial charge in [0, 0.05) is 13.1 Å². The molecule has 6 heteroatoms. The van der Waals surface area contributed by atoms with Crippen LogP contribution in [-0.2, 0) is 16.6 Å². The number of methoxy groups -OCH3 is 1. The summed E-state index contributed by atoms with van der Waals surface area (Å²) in [5.41, 5.74) is 6.33. The second-order valence-corrected chi connectivity index (χ2v) is 5.73. The Morgan fingerprint density at radius 3 is 2.63 bits per heavy atom. The fourth-order valence-corrected chi connectivity index (χ4v) is 3.16. The first-order valence-corrected chi connectivity index (χ1v) is 7.25. The van der Waals surface area contributed by atoms with Gasteiger partial charge in [0.1, 0.15) is 10.6 Å². The van der Waals surface area contributed by atoms with Crippen LogP contribution in [0, 0.1) is 12.3 Å². The number of rotatable bonds is 6. The molecule has 5 nitrogen and oxygen atoms in total. The Morgan fingerprint density at radius 2 is 2.16 bits per heavy atom. The van der Waals surface area contributed by atoms with E-state index in [1.165, 1.54) is 17.5 Å². The standard InChI is InChI=1S/C13H18N2O3S/c1-4-8-15(5-2)19(16,17)13-7-6-11(10-14)9-12(13)18-3/h1,6-7,9H,5,8,10,14H2,2-3H3. The van der Waals surface area contributed by atoms with E-state index in [9.17, 15) is 8.42 Å². The van der Waals surface area contributed by atoms with Crippen LogP contribution in [-0.4, -0.2) is 32.9 Å². The lowest BCUT2D eigenvalue weighted by Crippen LogP contribution is -2.31. The van der Waals surface area contributed by atoms with Crippen molar-refractivity contribution >= 4 is 10.0 Å². The molecule has 104 valence electrons. The Bertz CT molecular complexity index is 576. The maximum Gasteiger partial charge on any atom is 0.247 e. The summed E-state index contributed by atoms with van der Waals surface area (Å²) in [5.74, 6) is 2.62. The average Bonchev–Trinajstić information content (AvgIpc) is 2.43. The van der Waals surface area contributed by atoms with Crippen LogP contribution in [0.3, 0.4) is 0 Å². The molecule has 0 unspecified atom stereocenters. The summed E-state index contributed by atoms with van der Waals surface area (Å²) in [6.45, 7) is 2.38. The van der Waals surface area contributed by atoms with Crippen molar-refractivity contribution in [1.82, 2.24) is 4.31 Å². The highest BCUT2D eigenvalue weighted by molar-refractivity contribution is 7.89. The van der Waals surface area contributed by atoms with Gasteiger partial charge in [-0.15, -0.1) is 6.42 Å². The second-order valence-electron chi connectivity index (χ2n) is 3.82. The summed E-state index contributed by atoms with van der Waals surface area (Å²) >= 11 is 0. The van der Waals surface area contributed by atoms with Gasteiger partial charge in [-0.1, -0.05) is 18.9 Å². The van der Waals surface area contributed by atoms with Crippen molar-refractivity contribution in [2.75, 3.05) is 20.2 Å². The van der Waals surface area contributed by atoms with E-state index in [1.807, 2.05) is 0 Å². The lowest BCUT2D eigenvalue weighted by Gasteiger charge is -2.19. The molecule has 0 aliphatic carbocycles. The first kappa shape index (κ1) is 15.5. The van der Waals surface area contributed by atoms with Crippen molar-refractivity contribution in [3.8, 4) is 18.1 Å². The first-order chi connectivity index (χ1) is 9.01. The van der Waals surface area contributed by atoms with E-state index in [2.05, 4.69) is 5.92 Å². The summed E-state index contributed by atoms with van der Waals surface area (Å²) in [5, 5.41) is 0. The summed E-state index contributed by atoms with van der Waals surface area (Å²) in [7, 11) is -2.23. The number of terminal acetylenes is 1. The van der Waals surface area contributed by atoms with Crippen molar-refractivity contribution < 1.29 is 13.2 Å². The van der Waals surface area contributed by atoms with Gasteiger partial charge in [-0.25, -0.2) is 8.42 Å². The fraction of sp³-hybridized carbons (Fsp3) is 0.385. The van der Waals surface area contributed by atoms with E-state index < -0.39 is 10.0 Å². The van der Waals surface area contributed by atoms with Gasteiger partial charge in [-0.05, 0) is 17.7 Å². The Hall–Kier alpha value is -1.55. The van der Waals surface area contributed by atoms with E-state index in [-0.39, 0.29) is 17.2 Å². The molecular weight excluding hydrogens is 264 g/mol. The lowest BCUT2D eigenvalue weighted by atomic mass is 10.2. The number of ether oxygens (including phenoxy) is 1. The number of hydrogen-bond acceptors (Lipinski definition) is 4. The van der Waals surface area contributed by atoms with Gasteiger partial charge in [-0.3, -0.25) is 0 Å². The molecule has 0 bridgehead atoms. The minimum Gasteiger partial charge on any atom is -0.495 e. The van der Waals surface area contributed by atoms with Crippen molar-refractivity contribution in [3.05, 3.63) is 23.8 Å². The largest absolute Gasteiger partial charge is 0.495 e. The van der Waals surface area contributed by atoms with Crippen molar-refractivity contribution in [2.24, 2.45) is 5.73 Å². The molecule has 0 atom stereocenters. The zero-order chi connectivity index (χ0) is 14.5. The van der Waals surface area contributed by atoms with Gasteiger partial charge >= 0.3 is 0 Å². The number of nitrogens with zero attached hydrogens (tertiary/aromatic N) is 1. The molecule has 0 fully saturated rings. The summed E-state index contributed by atoms with van der Waals surface area (Å²) in [6, 6.07) is 4.78. The van der Waals surface area contributed by atoms with Crippen LogP contribution in [0.15, 0.2) is 23.1 Å².